The molecule has 0 aliphatic rings. The molecule has 92 valence electrons. The van der Waals surface area contributed by atoms with Crippen molar-refractivity contribution in [3.8, 4) is 6.07 Å². The molecular weight excluding hydrogens is 208 g/mol. The quantitative estimate of drug-likeness (QED) is 0.646. The van der Waals surface area contributed by atoms with Crippen LogP contribution >= 0.6 is 0 Å². The molecule has 0 N–H and O–H groups in total. The van der Waals surface area contributed by atoms with Crippen LogP contribution in [0.2, 0.25) is 0 Å². The standard InChI is InChI=1S/C11H20N2O3/c1-11(2,16-4)10(14)13(7-5-6-12)8-9-15-3/h5,7-9H2,1-4H3. The molecule has 0 saturated carbocycles. The van der Waals surface area contributed by atoms with Crippen LogP contribution in [0, 0.1) is 11.3 Å². The highest BCUT2D eigenvalue weighted by Crippen LogP contribution is 2.12. The smallest absolute Gasteiger partial charge is 0.254 e. The molecule has 0 aromatic carbocycles. The van der Waals surface area contributed by atoms with Crippen LogP contribution in [0.1, 0.15) is 20.3 Å². The third-order valence-corrected chi connectivity index (χ3v) is 2.37. The van der Waals surface area contributed by atoms with Crippen molar-refractivity contribution in [2.24, 2.45) is 0 Å². The monoisotopic (exact) mass is 228 g/mol. The van der Waals surface area contributed by atoms with Crippen LogP contribution in [-0.2, 0) is 14.3 Å². The molecule has 5 heteroatoms. The fraction of sp³-hybridized carbons (Fsp3) is 0.818. The Hall–Kier alpha value is -1.12. The van der Waals surface area contributed by atoms with Crippen LogP contribution in [0.15, 0.2) is 0 Å². The van der Waals surface area contributed by atoms with E-state index in [-0.39, 0.29) is 5.91 Å². The van der Waals surface area contributed by atoms with Gasteiger partial charge in [-0.3, -0.25) is 4.79 Å². The average Bonchev–Trinajstić information content (AvgIpc) is 2.28. The summed E-state index contributed by atoms with van der Waals surface area (Å²) in [5, 5.41) is 8.53. The zero-order valence-electron chi connectivity index (χ0n) is 10.4. The predicted octanol–water partition coefficient (Wildman–Crippen LogP) is 0.800. The average molecular weight is 228 g/mol. The molecule has 0 rings (SSSR count). The van der Waals surface area contributed by atoms with Crippen molar-refractivity contribution < 1.29 is 14.3 Å². The van der Waals surface area contributed by atoms with E-state index in [2.05, 4.69) is 0 Å². The Kier molecular flexibility index (Phi) is 6.70. The minimum absolute atomic E-state index is 0.123. The van der Waals surface area contributed by atoms with Crippen molar-refractivity contribution in [1.82, 2.24) is 4.90 Å². The predicted molar refractivity (Wildman–Crippen MR) is 59.8 cm³/mol. The molecule has 0 atom stereocenters. The van der Waals surface area contributed by atoms with Gasteiger partial charge in [-0.1, -0.05) is 0 Å². The molecule has 0 fully saturated rings. The highest BCUT2D eigenvalue weighted by Gasteiger charge is 2.31. The van der Waals surface area contributed by atoms with E-state index in [0.29, 0.717) is 26.1 Å². The van der Waals surface area contributed by atoms with Gasteiger partial charge >= 0.3 is 0 Å². The second kappa shape index (κ2) is 7.20. The third kappa shape index (κ3) is 4.60. The first kappa shape index (κ1) is 14.9. The first-order chi connectivity index (χ1) is 7.49. The number of amides is 1. The number of ether oxygens (including phenoxy) is 2. The third-order valence-electron chi connectivity index (χ3n) is 2.37. The first-order valence-electron chi connectivity index (χ1n) is 5.20. The molecular formula is C11H20N2O3. The Morgan fingerprint density at radius 1 is 1.38 bits per heavy atom. The van der Waals surface area contributed by atoms with Crippen LogP contribution in [0.3, 0.4) is 0 Å². The first-order valence-corrected chi connectivity index (χ1v) is 5.20. The van der Waals surface area contributed by atoms with Crippen molar-refractivity contribution in [3.05, 3.63) is 0 Å². The summed E-state index contributed by atoms with van der Waals surface area (Å²) >= 11 is 0. The van der Waals surface area contributed by atoms with E-state index < -0.39 is 5.60 Å². The van der Waals surface area contributed by atoms with Crippen molar-refractivity contribution in [3.63, 3.8) is 0 Å². The largest absolute Gasteiger partial charge is 0.383 e. The summed E-state index contributed by atoms with van der Waals surface area (Å²) < 4.78 is 10.1. The maximum absolute atomic E-state index is 12.0. The van der Waals surface area contributed by atoms with E-state index in [1.165, 1.54) is 7.11 Å². The summed E-state index contributed by atoms with van der Waals surface area (Å²) in [4.78, 5) is 13.6. The van der Waals surface area contributed by atoms with Crippen LogP contribution in [-0.4, -0.2) is 50.3 Å². The van der Waals surface area contributed by atoms with Crippen molar-refractivity contribution in [1.29, 1.82) is 5.26 Å². The molecule has 1 amide bonds. The molecule has 0 unspecified atom stereocenters. The van der Waals surface area contributed by atoms with E-state index in [4.69, 9.17) is 14.7 Å². The summed E-state index contributed by atoms with van der Waals surface area (Å²) in [6, 6.07) is 2.02. The lowest BCUT2D eigenvalue weighted by molar-refractivity contribution is -0.151. The molecule has 0 aromatic rings. The molecule has 0 bridgehead atoms. The van der Waals surface area contributed by atoms with Gasteiger partial charge in [0.1, 0.15) is 5.60 Å². The van der Waals surface area contributed by atoms with Crippen molar-refractivity contribution >= 4 is 5.91 Å². The minimum atomic E-state index is -0.858. The molecule has 0 aliphatic carbocycles. The molecule has 5 nitrogen and oxygen atoms in total. The van der Waals surface area contributed by atoms with E-state index in [1.54, 1.807) is 25.9 Å². The lowest BCUT2D eigenvalue weighted by atomic mass is 10.1. The Morgan fingerprint density at radius 3 is 2.44 bits per heavy atom. The maximum Gasteiger partial charge on any atom is 0.254 e. The van der Waals surface area contributed by atoms with Gasteiger partial charge in [-0.15, -0.1) is 0 Å². The Morgan fingerprint density at radius 2 is 2.00 bits per heavy atom. The Balaban J connectivity index is 4.49. The van der Waals surface area contributed by atoms with Crippen molar-refractivity contribution in [2.45, 2.75) is 25.9 Å². The van der Waals surface area contributed by atoms with Gasteiger partial charge in [-0.2, -0.15) is 5.26 Å². The molecule has 0 heterocycles. The molecule has 0 aromatic heterocycles. The van der Waals surface area contributed by atoms with Gasteiger partial charge < -0.3 is 14.4 Å². The highest BCUT2D eigenvalue weighted by molar-refractivity contribution is 5.84. The second-order valence-electron chi connectivity index (χ2n) is 3.91. The zero-order chi connectivity index (χ0) is 12.6. The number of hydrogen-bond donors (Lipinski definition) is 0. The number of carbonyl (C=O) groups excluding carboxylic acids is 1. The van der Waals surface area contributed by atoms with Gasteiger partial charge in [0.2, 0.25) is 0 Å². The lowest BCUT2D eigenvalue weighted by Crippen LogP contribution is -2.47. The lowest BCUT2D eigenvalue weighted by Gasteiger charge is -2.30. The van der Waals surface area contributed by atoms with Crippen LogP contribution in [0.4, 0.5) is 0 Å². The van der Waals surface area contributed by atoms with Crippen LogP contribution in [0.25, 0.3) is 0 Å². The molecule has 0 saturated heterocycles. The van der Waals surface area contributed by atoms with Crippen LogP contribution in [0.5, 0.6) is 0 Å². The number of carbonyl (C=O) groups is 1. The fourth-order valence-electron chi connectivity index (χ4n) is 1.17. The van der Waals surface area contributed by atoms with Gasteiger partial charge in [0, 0.05) is 27.3 Å². The SMILES string of the molecule is COCCN(CCC#N)C(=O)C(C)(C)OC. The summed E-state index contributed by atoms with van der Waals surface area (Å²) in [6.07, 6.45) is 0.315. The van der Waals surface area contributed by atoms with E-state index in [0.717, 1.165) is 0 Å². The molecule has 16 heavy (non-hydrogen) atoms. The summed E-state index contributed by atoms with van der Waals surface area (Å²) in [6.45, 7) is 4.76. The van der Waals surface area contributed by atoms with Gasteiger partial charge in [0.25, 0.3) is 5.91 Å². The molecule has 0 spiro atoms. The number of nitriles is 1. The normalized spacial score (nSPS) is 10.9. The van der Waals surface area contributed by atoms with Gasteiger partial charge in [-0.25, -0.2) is 0 Å². The van der Waals surface area contributed by atoms with Gasteiger partial charge in [-0.05, 0) is 13.8 Å². The number of nitrogens with zero attached hydrogens (tertiary/aromatic N) is 2. The number of hydrogen-bond acceptors (Lipinski definition) is 4. The highest BCUT2D eigenvalue weighted by atomic mass is 16.5. The zero-order valence-corrected chi connectivity index (χ0v) is 10.4. The molecule has 0 aliphatic heterocycles. The topological polar surface area (TPSA) is 62.6 Å². The Bertz CT molecular complexity index is 258. The fourth-order valence-corrected chi connectivity index (χ4v) is 1.17. The molecule has 0 radical (unpaired) electrons. The number of methoxy groups -OCH3 is 2. The Labute approximate surface area is 96.9 Å². The van der Waals surface area contributed by atoms with E-state index in [1.807, 2.05) is 6.07 Å². The number of rotatable bonds is 7. The minimum Gasteiger partial charge on any atom is -0.383 e. The maximum atomic E-state index is 12.0. The summed E-state index contributed by atoms with van der Waals surface area (Å²) in [5.74, 6) is -0.123. The summed E-state index contributed by atoms with van der Waals surface area (Å²) in [7, 11) is 3.07. The van der Waals surface area contributed by atoms with Crippen LogP contribution < -0.4 is 0 Å². The van der Waals surface area contributed by atoms with E-state index in [9.17, 15) is 4.79 Å². The van der Waals surface area contributed by atoms with E-state index >= 15 is 0 Å². The second-order valence-corrected chi connectivity index (χ2v) is 3.91. The van der Waals surface area contributed by atoms with Gasteiger partial charge in [0.05, 0.1) is 19.1 Å². The van der Waals surface area contributed by atoms with Gasteiger partial charge in [0.15, 0.2) is 0 Å². The summed E-state index contributed by atoms with van der Waals surface area (Å²) in [5.41, 5.74) is -0.858. The van der Waals surface area contributed by atoms with Crippen molar-refractivity contribution in [2.75, 3.05) is 33.9 Å².